The summed E-state index contributed by atoms with van der Waals surface area (Å²) in [6, 6.07) is 8.70. The highest BCUT2D eigenvalue weighted by atomic mass is 79.9. The average Bonchev–Trinajstić information content (AvgIpc) is 2.86. The molecular weight excluding hydrogens is 569 g/mol. The molecule has 0 radical (unpaired) electrons. The molecule has 1 aromatic heterocycles. The first-order valence-corrected chi connectivity index (χ1v) is 13.4. The van der Waals surface area contributed by atoms with E-state index >= 15 is 0 Å². The smallest absolute Gasteiger partial charge is 0.347 e. The van der Waals surface area contributed by atoms with Crippen LogP contribution in [0.5, 0.6) is 5.75 Å². The summed E-state index contributed by atoms with van der Waals surface area (Å²) in [5, 5.41) is 5.42. The fourth-order valence-corrected chi connectivity index (χ4v) is 5.23. The van der Waals surface area contributed by atoms with Gasteiger partial charge in [0.1, 0.15) is 5.82 Å². The van der Waals surface area contributed by atoms with Crippen LogP contribution in [0.2, 0.25) is 10.0 Å². The maximum Gasteiger partial charge on any atom is 0.347 e. The van der Waals surface area contributed by atoms with Crippen LogP contribution in [0.15, 0.2) is 44.7 Å². The monoisotopic (exact) mass is 593 g/mol. The van der Waals surface area contributed by atoms with E-state index in [1.54, 1.807) is 32.0 Å². The molecule has 1 fully saturated rings. The van der Waals surface area contributed by atoms with Crippen LogP contribution in [-0.4, -0.2) is 34.6 Å². The van der Waals surface area contributed by atoms with Crippen molar-refractivity contribution in [1.82, 2.24) is 9.66 Å². The van der Waals surface area contributed by atoms with Crippen LogP contribution < -0.4 is 10.3 Å². The molecule has 1 aliphatic carbocycles. The lowest BCUT2D eigenvalue weighted by molar-refractivity contribution is -0.150. The molecule has 3 aromatic rings. The predicted molar refractivity (Wildman–Crippen MR) is 146 cm³/mol. The standard InChI is InChI=1S/C26H26BrCl2N3O4/c1-3-35-26(34)15(2)36-23-20(28)11-16(12-21(23)29)14-30-32-24(17-7-5-4-6-8-17)31-22-10-9-18(27)13-19(22)25(32)33/h9-15,17H,3-8H2,1-2H3/t15-/m1/s1. The number of benzene rings is 2. The van der Waals surface area contributed by atoms with E-state index in [1.165, 1.54) is 17.3 Å². The minimum atomic E-state index is -0.876. The van der Waals surface area contributed by atoms with Crippen LogP contribution in [0.25, 0.3) is 10.9 Å². The summed E-state index contributed by atoms with van der Waals surface area (Å²) >= 11 is 16.3. The number of esters is 1. The number of hydrogen-bond donors (Lipinski definition) is 0. The number of fused-ring (bicyclic) bond motifs is 1. The molecule has 0 bridgehead atoms. The fourth-order valence-electron chi connectivity index (χ4n) is 4.28. The number of nitrogens with zero attached hydrogens (tertiary/aromatic N) is 3. The van der Waals surface area contributed by atoms with Gasteiger partial charge in [-0.15, -0.1) is 0 Å². The number of ether oxygens (including phenoxy) is 2. The van der Waals surface area contributed by atoms with Crippen molar-refractivity contribution in [1.29, 1.82) is 0 Å². The summed E-state index contributed by atoms with van der Waals surface area (Å²) in [5.41, 5.74) is 0.981. The zero-order valence-electron chi connectivity index (χ0n) is 20.0. The molecule has 1 atom stereocenters. The summed E-state index contributed by atoms with van der Waals surface area (Å²) in [7, 11) is 0. The van der Waals surface area contributed by atoms with Crippen LogP contribution in [0.4, 0.5) is 0 Å². The van der Waals surface area contributed by atoms with Gasteiger partial charge in [0, 0.05) is 10.4 Å². The highest BCUT2D eigenvalue weighted by molar-refractivity contribution is 9.10. The number of rotatable bonds is 7. The largest absolute Gasteiger partial charge is 0.476 e. The van der Waals surface area contributed by atoms with E-state index in [-0.39, 0.29) is 33.9 Å². The van der Waals surface area contributed by atoms with Gasteiger partial charge < -0.3 is 9.47 Å². The van der Waals surface area contributed by atoms with Gasteiger partial charge in [0.15, 0.2) is 11.9 Å². The summed E-state index contributed by atoms with van der Waals surface area (Å²) in [6.07, 6.45) is 5.96. The second kappa shape index (κ2) is 11.8. The van der Waals surface area contributed by atoms with Gasteiger partial charge in [-0.2, -0.15) is 9.78 Å². The quantitative estimate of drug-likeness (QED) is 0.224. The van der Waals surface area contributed by atoms with E-state index in [2.05, 4.69) is 21.0 Å². The zero-order valence-corrected chi connectivity index (χ0v) is 23.1. The van der Waals surface area contributed by atoms with Crippen LogP contribution >= 0.6 is 39.1 Å². The van der Waals surface area contributed by atoms with E-state index < -0.39 is 12.1 Å². The molecule has 1 heterocycles. The molecule has 1 saturated carbocycles. The van der Waals surface area contributed by atoms with Crippen molar-refractivity contribution in [3.63, 3.8) is 0 Å². The van der Waals surface area contributed by atoms with Crippen LogP contribution in [-0.2, 0) is 9.53 Å². The van der Waals surface area contributed by atoms with Crippen LogP contribution in [0.3, 0.4) is 0 Å². The summed E-state index contributed by atoms with van der Waals surface area (Å²) in [6.45, 7) is 3.52. The van der Waals surface area contributed by atoms with Gasteiger partial charge in [-0.3, -0.25) is 4.79 Å². The second-order valence-corrected chi connectivity index (χ2v) is 10.4. The molecule has 2 aromatic carbocycles. The fraction of sp³-hybridized carbons (Fsp3) is 0.385. The zero-order chi connectivity index (χ0) is 25.8. The van der Waals surface area contributed by atoms with Crippen molar-refractivity contribution in [2.45, 2.75) is 58.0 Å². The van der Waals surface area contributed by atoms with E-state index in [4.69, 9.17) is 37.7 Å². The molecule has 0 saturated heterocycles. The topological polar surface area (TPSA) is 82.8 Å². The predicted octanol–water partition coefficient (Wildman–Crippen LogP) is 6.73. The summed E-state index contributed by atoms with van der Waals surface area (Å²) in [5.74, 6) is 0.476. The van der Waals surface area contributed by atoms with E-state index in [9.17, 15) is 9.59 Å². The van der Waals surface area contributed by atoms with Gasteiger partial charge in [0.05, 0.1) is 33.8 Å². The molecule has 1 aliphatic rings. The Labute approximate surface area is 227 Å². The van der Waals surface area contributed by atoms with E-state index in [0.29, 0.717) is 22.3 Å². The Morgan fingerprint density at radius 3 is 2.58 bits per heavy atom. The number of halogens is 3. The van der Waals surface area contributed by atoms with Gasteiger partial charge in [-0.05, 0) is 62.6 Å². The van der Waals surface area contributed by atoms with Gasteiger partial charge in [-0.1, -0.05) is 58.4 Å². The Hall–Kier alpha value is -2.42. The third-order valence-corrected chi connectivity index (χ3v) is 7.11. The van der Waals surface area contributed by atoms with Crippen molar-refractivity contribution in [3.05, 3.63) is 66.6 Å². The van der Waals surface area contributed by atoms with E-state index in [1.807, 2.05) is 12.1 Å². The van der Waals surface area contributed by atoms with Crippen LogP contribution in [0.1, 0.15) is 63.3 Å². The third-order valence-electron chi connectivity index (χ3n) is 6.06. The van der Waals surface area contributed by atoms with Gasteiger partial charge >= 0.3 is 5.97 Å². The maximum atomic E-state index is 13.5. The minimum Gasteiger partial charge on any atom is -0.476 e. The first-order chi connectivity index (χ1) is 17.3. The van der Waals surface area contributed by atoms with Gasteiger partial charge in [0.2, 0.25) is 0 Å². The lowest BCUT2D eigenvalue weighted by Gasteiger charge is -2.22. The molecule has 0 N–H and O–H groups in total. The third kappa shape index (κ3) is 5.93. The second-order valence-electron chi connectivity index (χ2n) is 8.65. The number of carbonyl (C=O) groups excluding carboxylic acids is 1. The highest BCUT2D eigenvalue weighted by Crippen LogP contribution is 2.35. The van der Waals surface area contributed by atoms with Gasteiger partial charge in [0.25, 0.3) is 5.56 Å². The lowest BCUT2D eigenvalue weighted by atomic mass is 9.88. The number of carbonyl (C=O) groups is 1. The number of aromatic nitrogens is 2. The Kier molecular flexibility index (Phi) is 8.70. The molecule has 36 heavy (non-hydrogen) atoms. The SMILES string of the molecule is CCOC(=O)[C@@H](C)Oc1c(Cl)cc(C=Nn2c(C3CCCCC3)nc3ccc(Br)cc3c2=O)cc1Cl. The van der Waals surface area contributed by atoms with Crippen molar-refractivity contribution in [3.8, 4) is 5.75 Å². The highest BCUT2D eigenvalue weighted by Gasteiger charge is 2.23. The molecule has 7 nitrogen and oxygen atoms in total. The molecular formula is C26H26BrCl2N3O4. The Morgan fingerprint density at radius 2 is 1.92 bits per heavy atom. The van der Waals surface area contributed by atoms with Crippen molar-refractivity contribution >= 4 is 62.2 Å². The number of hydrogen-bond acceptors (Lipinski definition) is 6. The van der Waals surface area contributed by atoms with Crippen LogP contribution in [0, 0.1) is 0 Å². The van der Waals surface area contributed by atoms with Gasteiger partial charge in [-0.25, -0.2) is 9.78 Å². The molecule has 0 spiro atoms. The Morgan fingerprint density at radius 1 is 1.22 bits per heavy atom. The van der Waals surface area contributed by atoms with E-state index in [0.717, 1.165) is 30.2 Å². The summed E-state index contributed by atoms with van der Waals surface area (Å²) in [4.78, 5) is 30.2. The average molecular weight is 595 g/mol. The first-order valence-electron chi connectivity index (χ1n) is 11.9. The lowest BCUT2D eigenvalue weighted by Crippen LogP contribution is -2.26. The molecule has 190 valence electrons. The van der Waals surface area contributed by atoms with Crippen molar-refractivity contribution < 1.29 is 14.3 Å². The molecule has 0 aliphatic heterocycles. The molecule has 10 heteroatoms. The normalized spacial score (nSPS) is 15.4. The van der Waals surface area contributed by atoms with Crippen molar-refractivity contribution in [2.75, 3.05) is 6.61 Å². The Balaban J connectivity index is 1.70. The van der Waals surface area contributed by atoms with Crippen molar-refractivity contribution in [2.24, 2.45) is 5.10 Å². The summed E-state index contributed by atoms with van der Waals surface area (Å²) < 4.78 is 12.8. The minimum absolute atomic E-state index is 0.156. The first kappa shape index (κ1) is 26.6. The molecule has 0 unspecified atom stereocenters. The Bertz CT molecular complexity index is 1350. The molecule has 0 amide bonds. The maximum absolute atomic E-state index is 13.5. The molecule has 4 rings (SSSR count).